The molecule has 0 unspecified atom stereocenters. The average molecular weight is 194 g/mol. The second-order valence-corrected chi connectivity index (χ2v) is 3.05. The molecule has 0 saturated carbocycles. The van der Waals surface area contributed by atoms with E-state index < -0.39 is 0 Å². The molecule has 0 spiro atoms. The van der Waals surface area contributed by atoms with E-state index in [9.17, 15) is 0 Å². The van der Waals surface area contributed by atoms with Crippen molar-refractivity contribution in [2.75, 3.05) is 5.73 Å². The molecule has 2 aromatic heterocycles. The molecule has 0 atom stereocenters. The summed E-state index contributed by atoms with van der Waals surface area (Å²) in [6.07, 6.45) is 3.14. The van der Waals surface area contributed by atoms with Crippen LogP contribution in [0.3, 0.4) is 0 Å². The molecule has 0 aliphatic carbocycles. The van der Waals surface area contributed by atoms with Crippen molar-refractivity contribution < 1.29 is 0 Å². The summed E-state index contributed by atoms with van der Waals surface area (Å²) in [4.78, 5) is 10.5. The summed E-state index contributed by atoms with van der Waals surface area (Å²) in [6, 6.07) is 0. The zero-order valence-electron chi connectivity index (χ0n) is 6.51. The first kappa shape index (κ1) is 7.87. The number of aromatic amines is 1. The smallest absolute Gasteiger partial charge is 0.248 e. The van der Waals surface area contributed by atoms with Crippen molar-refractivity contribution in [1.82, 2.24) is 15.0 Å². The van der Waals surface area contributed by atoms with Crippen LogP contribution in [0.5, 0.6) is 0 Å². The van der Waals surface area contributed by atoms with Gasteiger partial charge in [-0.25, -0.2) is 9.97 Å². The van der Waals surface area contributed by atoms with Gasteiger partial charge >= 0.3 is 0 Å². The number of anilines is 1. The van der Waals surface area contributed by atoms with Crippen molar-refractivity contribution in [3.8, 4) is 0 Å². The Morgan fingerprint density at radius 3 is 2.92 bits per heavy atom. The van der Waals surface area contributed by atoms with Crippen LogP contribution in [0, 0.1) is 0 Å². The third-order valence-electron chi connectivity index (χ3n) is 1.23. The van der Waals surface area contributed by atoms with Crippen LogP contribution in [0.4, 0.5) is 16.9 Å². The molecule has 0 aromatic carbocycles. The van der Waals surface area contributed by atoms with Gasteiger partial charge in [0.2, 0.25) is 11.1 Å². The predicted molar refractivity (Wildman–Crippen MR) is 49.3 cm³/mol. The maximum atomic E-state index is 5.39. The summed E-state index contributed by atoms with van der Waals surface area (Å²) in [5.41, 5.74) is 5.39. The Morgan fingerprint density at radius 2 is 2.31 bits per heavy atom. The number of rotatable bonds is 2. The maximum Gasteiger partial charge on any atom is 0.248 e. The van der Waals surface area contributed by atoms with Gasteiger partial charge in [0.15, 0.2) is 0 Å². The highest BCUT2D eigenvalue weighted by Gasteiger charge is 1.94. The Morgan fingerprint density at radius 1 is 1.38 bits per heavy atom. The average Bonchev–Trinajstić information content (AvgIpc) is 2.71. The second-order valence-electron chi connectivity index (χ2n) is 2.18. The molecule has 2 rings (SSSR count). The Bertz CT molecular complexity index is 402. The van der Waals surface area contributed by atoms with E-state index in [1.165, 1.54) is 17.5 Å². The molecule has 0 fully saturated rings. The summed E-state index contributed by atoms with van der Waals surface area (Å²) in [6.45, 7) is 0. The van der Waals surface area contributed by atoms with Crippen molar-refractivity contribution in [1.29, 1.82) is 0 Å². The van der Waals surface area contributed by atoms with Crippen LogP contribution >= 0.6 is 11.3 Å². The molecule has 0 saturated heterocycles. The molecular formula is C6H6N6S. The SMILES string of the molecule is Nc1cnc(/N=N/c2nccs2)[nH]1. The van der Waals surface area contributed by atoms with E-state index in [1.54, 1.807) is 6.20 Å². The lowest BCUT2D eigenvalue weighted by atomic mass is 10.8. The van der Waals surface area contributed by atoms with Gasteiger partial charge in [-0.1, -0.05) is 0 Å². The molecule has 0 aliphatic heterocycles. The molecule has 66 valence electrons. The van der Waals surface area contributed by atoms with Crippen LogP contribution in [0.25, 0.3) is 0 Å². The zero-order chi connectivity index (χ0) is 9.10. The minimum atomic E-state index is 0.382. The summed E-state index contributed by atoms with van der Waals surface area (Å²) < 4.78 is 0. The molecule has 3 N–H and O–H groups in total. The number of nitrogens with one attached hydrogen (secondary N) is 1. The van der Waals surface area contributed by atoms with E-state index in [1.807, 2.05) is 5.38 Å². The molecule has 2 heterocycles. The summed E-state index contributed by atoms with van der Waals surface area (Å²) >= 11 is 1.40. The number of nitrogen functional groups attached to an aromatic ring is 1. The monoisotopic (exact) mass is 194 g/mol. The fraction of sp³-hybridized carbons (Fsp3) is 0. The minimum Gasteiger partial charge on any atom is -0.384 e. The van der Waals surface area contributed by atoms with Gasteiger partial charge in [0.05, 0.1) is 6.20 Å². The highest BCUT2D eigenvalue weighted by Crippen LogP contribution is 2.17. The number of imidazole rings is 1. The predicted octanol–water partition coefficient (Wildman–Crippen LogP) is 1.86. The summed E-state index contributed by atoms with van der Waals surface area (Å²) in [7, 11) is 0. The lowest BCUT2D eigenvalue weighted by Gasteiger charge is -1.81. The molecule has 2 aromatic rings. The third-order valence-corrected chi connectivity index (χ3v) is 1.89. The number of hydrogen-bond donors (Lipinski definition) is 2. The second kappa shape index (κ2) is 3.31. The number of H-pyrrole nitrogens is 1. The van der Waals surface area contributed by atoms with Crippen molar-refractivity contribution >= 4 is 28.2 Å². The van der Waals surface area contributed by atoms with Gasteiger partial charge in [0, 0.05) is 11.6 Å². The normalized spacial score (nSPS) is 11.1. The van der Waals surface area contributed by atoms with Crippen molar-refractivity contribution in [2.24, 2.45) is 10.2 Å². The van der Waals surface area contributed by atoms with Gasteiger partial charge in [0.25, 0.3) is 0 Å². The summed E-state index contributed by atoms with van der Waals surface area (Å²) in [5.74, 6) is 0.848. The van der Waals surface area contributed by atoms with Gasteiger partial charge in [-0.2, -0.15) is 0 Å². The van der Waals surface area contributed by atoms with Crippen molar-refractivity contribution in [2.45, 2.75) is 0 Å². The third kappa shape index (κ3) is 1.88. The Kier molecular flexibility index (Phi) is 2.01. The standard InChI is InChI=1S/C6H6N6S/c7-4-3-9-5(10-4)11-12-6-8-1-2-13-6/h1-3H,7H2,(H,9,10)/b12-11+. The van der Waals surface area contributed by atoms with E-state index in [0.717, 1.165) is 0 Å². The minimum absolute atomic E-state index is 0.382. The van der Waals surface area contributed by atoms with E-state index in [-0.39, 0.29) is 0 Å². The van der Waals surface area contributed by atoms with Gasteiger partial charge in [-0.15, -0.1) is 21.6 Å². The van der Waals surface area contributed by atoms with E-state index >= 15 is 0 Å². The number of aromatic nitrogens is 3. The van der Waals surface area contributed by atoms with Crippen molar-refractivity contribution in [3.63, 3.8) is 0 Å². The highest BCUT2D eigenvalue weighted by molar-refractivity contribution is 7.13. The van der Waals surface area contributed by atoms with Gasteiger partial charge in [-0.05, 0) is 0 Å². The largest absolute Gasteiger partial charge is 0.384 e. The molecule has 0 aliphatic rings. The molecular weight excluding hydrogens is 188 g/mol. The van der Waals surface area contributed by atoms with Crippen LogP contribution in [0.2, 0.25) is 0 Å². The van der Waals surface area contributed by atoms with Crippen molar-refractivity contribution in [3.05, 3.63) is 17.8 Å². The Hall–Kier alpha value is -1.76. The lowest BCUT2D eigenvalue weighted by molar-refractivity contribution is 1.11. The summed E-state index contributed by atoms with van der Waals surface area (Å²) in [5, 5.41) is 10.0. The van der Waals surface area contributed by atoms with Crippen LogP contribution in [-0.2, 0) is 0 Å². The maximum absolute atomic E-state index is 5.39. The topological polar surface area (TPSA) is 92.3 Å². The first-order valence-corrected chi connectivity index (χ1v) is 4.34. The fourth-order valence-electron chi connectivity index (χ4n) is 0.731. The van der Waals surface area contributed by atoms with Crippen LogP contribution in [0.15, 0.2) is 28.0 Å². The molecule has 0 amide bonds. The molecule has 0 bridgehead atoms. The number of thiazole rings is 1. The lowest BCUT2D eigenvalue weighted by Crippen LogP contribution is -1.80. The Balaban J connectivity index is 2.14. The van der Waals surface area contributed by atoms with Crippen LogP contribution in [-0.4, -0.2) is 15.0 Å². The number of nitrogens with two attached hydrogens (primary N) is 1. The van der Waals surface area contributed by atoms with Crippen LogP contribution in [0.1, 0.15) is 0 Å². The van der Waals surface area contributed by atoms with Gasteiger partial charge in [-0.3, -0.25) is 0 Å². The van der Waals surface area contributed by atoms with Crippen LogP contribution < -0.4 is 5.73 Å². The number of azo groups is 1. The van der Waals surface area contributed by atoms with E-state index in [0.29, 0.717) is 16.9 Å². The van der Waals surface area contributed by atoms with Gasteiger partial charge < -0.3 is 10.7 Å². The quantitative estimate of drug-likeness (QED) is 0.714. The zero-order valence-corrected chi connectivity index (χ0v) is 7.32. The van der Waals surface area contributed by atoms with Gasteiger partial charge in [0.1, 0.15) is 5.82 Å². The van der Waals surface area contributed by atoms with E-state index in [2.05, 4.69) is 25.2 Å². The molecule has 7 heteroatoms. The first-order chi connectivity index (χ1) is 6.34. The Labute approximate surface area is 77.6 Å². The fourth-order valence-corrected chi connectivity index (χ4v) is 1.18. The highest BCUT2D eigenvalue weighted by atomic mass is 32.1. The molecule has 0 radical (unpaired) electrons. The molecule has 13 heavy (non-hydrogen) atoms. The number of hydrogen-bond acceptors (Lipinski definition) is 6. The first-order valence-electron chi connectivity index (χ1n) is 3.46. The number of nitrogens with zero attached hydrogens (tertiary/aromatic N) is 4. The van der Waals surface area contributed by atoms with E-state index in [4.69, 9.17) is 5.73 Å². The molecule has 6 nitrogen and oxygen atoms in total.